The highest BCUT2D eigenvalue weighted by Gasteiger charge is 2.12. The van der Waals surface area contributed by atoms with Crippen LogP contribution in [-0.2, 0) is 5.54 Å². The van der Waals surface area contributed by atoms with Gasteiger partial charge in [-0.1, -0.05) is 78.9 Å². The second-order valence-corrected chi connectivity index (χ2v) is 6.25. The molecule has 0 radical (unpaired) electrons. The van der Waals surface area contributed by atoms with E-state index in [1.165, 1.54) is 21.9 Å². The molecule has 1 nitrogen and oxygen atoms in total. The van der Waals surface area contributed by atoms with E-state index in [0.717, 1.165) is 5.56 Å². The van der Waals surface area contributed by atoms with Crippen molar-refractivity contribution < 1.29 is 0 Å². The summed E-state index contributed by atoms with van der Waals surface area (Å²) >= 11 is 0. The summed E-state index contributed by atoms with van der Waals surface area (Å²) in [5, 5.41) is 2.55. The lowest BCUT2D eigenvalue weighted by Crippen LogP contribution is -2.28. The molecule has 0 bridgehead atoms. The molecule has 0 saturated heterocycles. The molecule has 0 atom stereocenters. The number of hydrogen-bond donors (Lipinski definition) is 1. The fourth-order valence-electron chi connectivity index (χ4n) is 2.61. The topological polar surface area (TPSA) is 26.0 Å². The molecule has 0 unspecified atom stereocenters. The molecule has 1 heteroatoms. The van der Waals surface area contributed by atoms with Crippen LogP contribution in [0.25, 0.3) is 22.9 Å². The van der Waals surface area contributed by atoms with E-state index < -0.39 is 0 Å². The van der Waals surface area contributed by atoms with Crippen LogP contribution in [0.5, 0.6) is 0 Å². The maximum absolute atomic E-state index is 6.12. The number of rotatable bonds is 3. The van der Waals surface area contributed by atoms with Crippen molar-refractivity contribution in [2.75, 3.05) is 0 Å². The zero-order valence-electron chi connectivity index (χ0n) is 13.1. The number of nitrogens with two attached hydrogens (primary N) is 1. The minimum absolute atomic E-state index is 0.294. The monoisotopic (exact) mass is 287 g/mol. The normalized spacial score (nSPS) is 12.1. The third-order valence-electron chi connectivity index (χ3n) is 3.93. The highest BCUT2D eigenvalue weighted by molar-refractivity contribution is 5.92. The summed E-state index contributed by atoms with van der Waals surface area (Å²) in [6.07, 6.45) is 4.32. The van der Waals surface area contributed by atoms with Crippen molar-refractivity contribution in [2.45, 2.75) is 19.4 Å². The molecule has 110 valence electrons. The molecule has 3 aromatic carbocycles. The summed E-state index contributed by atoms with van der Waals surface area (Å²) in [6.45, 7) is 4.04. The zero-order chi connectivity index (χ0) is 15.6. The van der Waals surface area contributed by atoms with Gasteiger partial charge in [0, 0.05) is 5.54 Å². The molecule has 0 heterocycles. The number of fused-ring (bicyclic) bond motifs is 1. The van der Waals surface area contributed by atoms with Gasteiger partial charge in [0.05, 0.1) is 0 Å². The van der Waals surface area contributed by atoms with Crippen LogP contribution in [0.15, 0.2) is 66.7 Å². The quantitative estimate of drug-likeness (QED) is 0.658. The lowest BCUT2D eigenvalue weighted by molar-refractivity contribution is 0.554. The molecule has 0 spiro atoms. The second kappa shape index (κ2) is 5.78. The number of hydrogen-bond acceptors (Lipinski definition) is 1. The Kier molecular flexibility index (Phi) is 3.82. The Hall–Kier alpha value is -2.38. The van der Waals surface area contributed by atoms with E-state index in [0.29, 0.717) is 0 Å². The fraction of sp³-hybridized carbons (Fsp3) is 0.143. The Morgan fingerprint density at radius 1 is 0.773 bits per heavy atom. The Balaban J connectivity index is 1.90. The Morgan fingerprint density at radius 3 is 2.18 bits per heavy atom. The van der Waals surface area contributed by atoms with Gasteiger partial charge in [0.15, 0.2) is 0 Å². The molecule has 3 aromatic rings. The van der Waals surface area contributed by atoms with Gasteiger partial charge in [0.2, 0.25) is 0 Å². The van der Waals surface area contributed by atoms with E-state index in [2.05, 4.69) is 78.9 Å². The van der Waals surface area contributed by atoms with E-state index in [-0.39, 0.29) is 5.54 Å². The average Bonchev–Trinajstić information content (AvgIpc) is 2.52. The van der Waals surface area contributed by atoms with Gasteiger partial charge in [-0.3, -0.25) is 0 Å². The van der Waals surface area contributed by atoms with E-state index in [4.69, 9.17) is 5.73 Å². The summed E-state index contributed by atoms with van der Waals surface area (Å²) in [4.78, 5) is 0. The first-order valence-electron chi connectivity index (χ1n) is 7.59. The first-order valence-corrected chi connectivity index (χ1v) is 7.59. The van der Waals surface area contributed by atoms with Crippen molar-refractivity contribution in [1.29, 1.82) is 0 Å². The van der Waals surface area contributed by atoms with Crippen molar-refractivity contribution in [3.05, 3.63) is 83.4 Å². The van der Waals surface area contributed by atoms with Gasteiger partial charge in [-0.2, -0.15) is 0 Å². The molecule has 0 aromatic heterocycles. The van der Waals surface area contributed by atoms with Crippen LogP contribution in [0.2, 0.25) is 0 Å². The SMILES string of the molecule is CC(C)(N)c1ccc(/C=C/c2cccc3ccccc23)cc1. The standard InChI is InChI=1S/C21H21N/c1-21(2,22)19-14-11-16(12-15-19)10-13-18-8-5-7-17-6-3-4-9-20(17)18/h3-15H,22H2,1-2H3/b13-10+. The largest absolute Gasteiger partial charge is 0.322 e. The number of benzene rings is 3. The van der Waals surface area contributed by atoms with E-state index in [1.54, 1.807) is 0 Å². The summed E-state index contributed by atoms with van der Waals surface area (Å²) in [6, 6.07) is 23.3. The third kappa shape index (κ3) is 3.10. The molecule has 3 rings (SSSR count). The lowest BCUT2D eigenvalue weighted by atomic mass is 9.94. The summed E-state index contributed by atoms with van der Waals surface area (Å²) < 4.78 is 0. The smallest absolute Gasteiger partial charge is 0.0352 e. The average molecular weight is 287 g/mol. The first kappa shape index (κ1) is 14.6. The van der Waals surface area contributed by atoms with Crippen molar-refractivity contribution in [3.63, 3.8) is 0 Å². The fourth-order valence-corrected chi connectivity index (χ4v) is 2.61. The van der Waals surface area contributed by atoms with Crippen molar-refractivity contribution in [1.82, 2.24) is 0 Å². The van der Waals surface area contributed by atoms with Crippen LogP contribution < -0.4 is 5.73 Å². The van der Waals surface area contributed by atoms with Crippen molar-refractivity contribution >= 4 is 22.9 Å². The summed E-state index contributed by atoms with van der Waals surface area (Å²) in [5.74, 6) is 0. The molecular weight excluding hydrogens is 266 g/mol. The highest BCUT2D eigenvalue weighted by atomic mass is 14.7. The molecule has 0 aliphatic heterocycles. The van der Waals surface area contributed by atoms with Gasteiger partial charge < -0.3 is 5.73 Å². The predicted octanol–water partition coefficient (Wildman–Crippen LogP) is 5.20. The molecule has 0 aliphatic rings. The third-order valence-corrected chi connectivity index (χ3v) is 3.93. The van der Waals surface area contributed by atoms with Crippen molar-refractivity contribution in [2.24, 2.45) is 5.73 Å². The molecule has 0 fully saturated rings. The zero-order valence-corrected chi connectivity index (χ0v) is 13.1. The van der Waals surface area contributed by atoms with Gasteiger partial charge in [-0.05, 0) is 41.3 Å². The van der Waals surface area contributed by atoms with Crippen molar-refractivity contribution in [3.8, 4) is 0 Å². The van der Waals surface area contributed by atoms with Gasteiger partial charge in [-0.25, -0.2) is 0 Å². The predicted molar refractivity (Wildman–Crippen MR) is 96.5 cm³/mol. The van der Waals surface area contributed by atoms with Crippen LogP contribution in [0.3, 0.4) is 0 Å². The van der Waals surface area contributed by atoms with E-state index in [9.17, 15) is 0 Å². The second-order valence-electron chi connectivity index (χ2n) is 6.25. The van der Waals surface area contributed by atoms with Crippen LogP contribution in [0.4, 0.5) is 0 Å². The maximum Gasteiger partial charge on any atom is 0.0352 e. The maximum atomic E-state index is 6.12. The molecule has 22 heavy (non-hydrogen) atoms. The van der Waals surface area contributed by atoms with E-state index in [1.807, 2.05) is 13.8 Å². The van der Waals surface area contributed by atoms with Crippen LogP contribution in [-0.4, -0.2) is 0 Å². The Labute approximate surface area is 132 Å². The van der Waals surface area contributed by atoms with Crippen LogP contribution in [0, 0.1) is 0 Å². The summed E-state index contributed by atoms with van der Waals surface area (Å²) in [7, 11) is 0. The molecule has 0 aliphatic carbocycles. The molecule has 0 amide bonds. The van der Waals surface area contributed by atoms with Gasteiger partial charge >= 0.3 is 0 Å². The van der Waals surface area contributed by atoms with Gasteiger partial charge in [0.1, 0.15) is 0 Å². The molecule has 0 saturated carbocycles. The molecule has 2 N–H and O–H groups in total. The Bertz CT molecular complexity index is 800. The minimum Gasteiger partial charge on any atom is -0.322 e. The minimum atomic E-state index is -0.294. The van der Waals surface area contributed by atoms with Crippen LogP contribution in [0.1, 0.15) is 30.5 Å². The van der Waals surface area contributed by atoms with Gasteiger partial charge in [0.25, 0.3) is 0 Å². The molecular formula is C21H21N. The highest BCUT2D eigenvalue weighted by Crippen LogP contribution is 2.22. The summed E-state index contributed by atoms with van der Waals surface area (Å²) in [5.41, 5.74) is 9.39. The van der Waals surface area contributed by atoms with Crippen LogP contribution >= 0.6 is 0 Å². The lowest BCUT2D eigenvalue weighted by Gasteiger charge is -2.18. The van der Waals surface area contributed by atoms with E-state index >= 15 is 0 Å². The Morgan fingerprint density at radius 2 is 1.45 bits per heavy atom. The van der Waals surface area contributed by atoms with Gasteiger partial charge in [-0.15, -0.1) is 0 Å². The first-order chi connectivity index (χ1) is 10.5.